The van der Waals surface area contributed by atoms with Gasteiger partial charge in [-0.1, -0.05) is 18.2 Å². The van der Waals surface area contributed by atoms with Crippen molar-refractivity contribution < 1.29 is 13.2 Å². The second kappa shape index (κ2) is 6.16. The third-order valence-electron chi connectivity index (χ3n) is 3.47. The van der Waals surface area contributed by atoms with Crippen molar-refractivity contribution in [1.29, 1.82) is 0 Å². The summed E-state index contributed by atoms with van der Waals surface area (Å²) in [5.41, 5.74) is 2.11. The maximum atomic E-state index is 12.5. The molecule has 120 valence electrons. The van der Waals surface area contributed by atoms with Crippen molar-refractivity contribution in [2.24, 2.45) is 0 Å². The highest BCUT2D eigenvalue weighted by atomic mass is 32.1. The minimum absolute atomic E-state index is 0.441. The van der Waals surface area contributed by atoms with E-state index in [1.807, 2.05) is 31.2 Å². The number of fused-ring (bicyclic) bond motifs is 1. The van der Waals surface area contributed by atoms with Gasteiger partial charge >= 0.3 is 6.18 Å². The van der Waals surface area contributed by atoms with E-state index in [2.05, 4.69) is 15.3 Å². The fraction of sp³-hybridized carbons (Fsp3) is 0.250. The molecule has 3 aromatic rings. The third-order valence-corrected chi connectivity index (χ3v) is 4.38. The Hall–Kier alpha value is -2.15. The standard InChI is InChI=1S/C16H14F3N3S/c1-10-3-2-4-11-12(5-7-21-15(10)11)20-8-6-14-22-13(9-23-14)16(17,18)19/h2-5,7,9H,6,8H2,1H3,(H,20,21). The van der Waals surface area contributed by atoms with Crippen LogP contribution in [0.1, 0.15) is 16.3 Å². The number of thiazole rings is 1. The van der Waals surface area contributed by atoms with E-state index in [1.165, 1.54) is 0 Å². The smallest absolute Gasteiger partial charge is 0.384 e. The van der Waals surface area contributed by atoms with Crippen LogP contribution in [0.4, 0.5) is 18.9 Å². The normalized spacial score (nSPS) is 11.8. The predicted molar refractivity (Wildman–Crippen MR) is 85.8 cm³/mol. The molecule has 7 heteroatoms. The van der Waals surface area contributed by atoms with E-state index < -0.39 is 11.9 Å². The zero-order valence-electron chi connectivity index (χ0n) is 12.3. The van der Waals surface area contributed by atoms with Crippen LogP contribution in [-0.2, 0) is 12.6 Å². The van der Waals surface area contributed by atoms with Gasteiger partial charge in [-0.3, -0.25) is 4.98 Å². The average molecular weight is 337 g/mol. The van der Waals surface area contributed by atoms with Crippen molar-refractivity contribution in [3.8, 4) is 0 Å². The van der Waals surface area contributed by atoms with Gasteiger partial charge in [-0.2, -0.15) is 13.2 Å². The molecule has 0 aliphatic carbocycles. The van der Waals surface area contributed by atoms with E-state index in [4.69, 9.17) is 0 Å². The lowest BCUT2D eigenvalue weighted by Gasteiger charge is -2.09. The molecule has 0 radical (unpaired) electrons. The van der Waals surface area contributed by atoms with E-state index in [-0.39, 0.29) is 0 Å². The lowest BCUT2D eigenvalue weighted by atomic mass is 10.1. The minimum atomic E-state index is -4.37. The summed E-state index contributed by atoms with van der Waals surface area (Å²) in [6.07, 6.45) is -2.21. The number of aryl methyl sites for hydroxylation is 1. The van der Waals surface area contributed by atoms with Gasteiger partial charge < -0.3 is 5.32 Å². The number of pyridine rings is 1. The summed E-state index contributed by atoms with van der Waals surface area (Å²) in [6, 6.07) is 7.79. The van der Waals surface area contributed by atoms with Gasteiger partial charge in [0.2, 0.25) is 0 Å². The SMILES string of the molecule is Cc1cccc2c(NCCc3nc(C(F)(F)F)cs3)ccnc12. The van der Waals surface area contributed by atoms with Crippen molar-refractivity contribution in [1.82, 2.24) is 9.97 Å². The molecule has 23 heavy (non-hydrogen) atoms. The summed E-state index contributed by atoms with van der Waals surface area (Å²) in [6.45, 7) is 2.51. The number of nitrogens with zero attached hydrogens (tertiary/aromatic N) is 2. The fourth-order valence-electron chi connectivity index (χ4n) is 2.34. The van der Waals surface area contributed by atoms with Crippen molar-refractivity contribution in [2.45, 2.75) is 19.5 Å². The van der Waals surface area contributed by atoms with E-state index in [9.17, 15) is 13.2 Å². The number of rotatable bonds is 4. The number of nitrogens with one attached hydrogen (secondary N) is 1. The van der Waals surface area contributed by atoms with Crippen molar-refractivity contribution >= 4 is 27.9 Å². The van der Waals surface area contributed by atoms with Gasteiger partial charge in [0.15, 0.2) is 5.69 Å². The molecule has 3 rings (SSSR count). The Balaban J connectivity index is 1.70. The van der Waals surface area contributed by atoms with Crippen LogP contribution in [0.2, 0.25) is 0 Å². The van der Waals surface area contributed by atoms with Crippen LogP contribution in [0.15, 0.2) is 35.8 Å². The molecule has 0 aliphatic heterocycles. The Morgan fingerprint density at radius 3 is 2.78 bits per heavy atom. The molecular weight excluding hydrogens is 323 g/mol. The van der Waals surface area contributed by atoms with Crippen LogP contribution in [0, 0.1) is 6.92 Å². The van der Waals surface area contributed by atoms with Gasteiger partial charge in [0, 0.05) is 35.6 Å². The van der Waals surface area contributed by atoms with Gasteiger partial charge in [0.05, 0.1) is 10.5 Å². The Bertz CT molecular complexity index is 827. The molecule has 2 aromatic heterocycles. The lowest BCUT2D eigenvalue weighted by Crippen LogP contribution is -2.08. The lowest BCUT2D eigenvalue weighted by molar-refractivity contribution is -0.140. The van der Waals surface area contributed by atoms with E-state index >= 15 is 0 Å². The van der Waals surface area contributed by atoms with Crippen molar-refractivity contribution in [3.63, 3.8) is 0 Å². The summed E-state index contributed by atoms with van der Waals surface area (Å²) in [7, 11) is 0. The first-order chi connectivity index (χ1) is 10.9. The first-order valence-electron chi connectivity index (χ1n) is 7.05. The number of aromatic nitrogens is 2. The Kier molecular flexibility index (Phi) is 4.21. The number of alkyl halides is 3. The highest BCUT2D eigenvalue weighted by Gasteiger charge is 2.33. The molecule has 0 aliphatic rings. The molecule has 0 amide bonds. The number of para-hydroxylation sites is 1. The minimum Gasteiger partial charge on any atom is -0.384 e. The van der Waals surface area contributed by atoms with E-state index in [1.54, 1.807) is 6.20 Å². The first-order valence-corrected chi connectivity index (χ1v) is 7.93. The number of hydrogen-bond donors (Lipinski definition) is 1. The van der Waals surface area contributed by atoms with E-state index in [0.717, 1.165) is 38.9 Å². The predicted octanol–water partition coefficient (Wildman–Crippen LogP) is 4.67. The quantitative estimate of drug-likeness (QED) is 0.751. The molecule has 0 saturated carbocycles. The molecule has 2 heterocycles. The fourth-order valence-corrected chi connectivity index (χ4v) is 3.14. The van der Waals surface area contributed by atoms with Crippen molar-refractivity contribution in [2.75, 3.05) is 11.9 Å². The summed E-state index contributed by atoms with van der Waals surface area (Å²) < 4.78 is 37.6. The number of hydrogen-bond acceptors (Lipinski definition) is 4. The molecule has 1 N–H and O–H groups in total. The molecule has 3 nitrogen and oxygen atoms in total. The van der Waals surface area contributed by atoms with Crippen LogP contribution in [-0.4, -0.2) is 16.5 Å². The zero-order chi connectivity index (χ0) is 16.4. The maximum absolute atomic E-state index is 12.5. The molecule has 0 bridgehead atoms. The van der Waals surface area contributed by atoms with Crippen LogP contribution in [0.25, 0.3) is 10.9 Å². The molecule has 1 aromatic carbocycles. The van der Waals surface area contributed by atoms with Crippen molar-refractivity contribution in [3.05, 3.63) is 52.1 Å². The number of benzene rings is 1. The summed E-state index contributed by atoms with van der Waals surface area (Å²) in [5, 5.41) is 5.79. The average Bonchev–Trinajstić information content (AvgIpc) is 2.97. The van der Waals surface area contributed by atoms with Crippen LogP contribution in [0.3, 0.4) is 0 Å². The maximum Gasteiger partial charge on any atom is 0.434 e. The highest BCUT2D eigenvalue weighted by molar-refractivity contribution is 7.09. The molecule has 0 unspecified atom stereocenters. The number of halogens is 3. The van der Waals surface area contributed by atoms with Gasteiger partial charge in [-0.05, 0) is 18.6 Å². The van der Waals surface area contributed by atoms with Gasteiger partial charge in [0.25, 0.3) is 0 Å². The summed E-state index contributed by atoms with van der Waals surface area (Å²) in [4.78, 5) is 7.99. The van der Waals surface area contributed by atoms with Crippen LogP contribution in [0.5, 0.6) is 0 Å². The first kappa shape index (κ1) is 15.7. The second-order valence-corrected chi connectivity index (χ2v) is 6.07. The summed E-state index contributed by atoms with van der Waals surface area (Å²) in [5.74, 6) is 0. The Morgan fingerprint density at radius 2 is 2.04 bits per heavy atom. The third kappa shape index (κ3) is 3.44. The highest BCUT2D eigenvalue weighted by Crippen LogP contribution is 2.30. The topological polar surface area (TPSA) is 37.8 Å². The number of anilines is 1. The molecule has 0 atom stereocenters. The largest absolute Gasteiger partial charge is 0.434 e. The Morgan fingerprint density at radius 1 is 1.22 bits per heavy atom. The molecular formula is C16H14F3N3S. The summed E-state index contributed by atoms with van der Waals surface area (Å²) >= 11 is 1.03. The van der Waals surface area contributed by atoms with Gasteiger partial charge in [0.1, 0.15) is 0 Å². The monoisotopic (exact) mass is 337 g/mol. The van der Waals surface area contributed by atoms with Gasteiger partial charge in [-0.15, -0.1) is 11.3 Å². The Labute approximate surface area is 135 Å². The van der Waals surface area contributed by atoms with E-state index in [0.29, 0.717) is 18.0 Å². The van der Waals surface area contributed by atoms with Crippen LogP contribution >= 0.6 is 11.3 Å². The molecule has 0 spiro atoms. The molecule has 0 fully saturated rings. The molecule has 0 saturated heterocycles. The van der Waals surface area contributed by atoms with Gasteiger partial charge in [-0.25, -0.2) is 4.98 Å². The van der Waals surface area contributed by atoms with Crippen LogP contribution < -0.4 is 5.32 Å². The second-order valence-electron chi connectivity index (χ2n) is 5.13. The zero-order valence-corrected chi connectivity index (χ0v) is 13.1.